The topological polar surface area (TPSA) is 47.1 Å². The fourth-order valence-corrected chi connectivity index (χ4v) is 6.43. The summed E-state index contributed by atoms with van der Waals surface area (Å²) in [5.74, 6) is -0.0360. The number of piperazine rings is 2. The fraction of sp³-hybridized carbons (Fsp3) is 0.375. The maximum atomic E-state index is 13.4. The van der Waals surface area contributed by atoms with Crippen molar-refractivity contribution in [1.29, 1.82) is 0 Å². The molecule has 3 aromatic rings. The molecule has 1 saturated carbocycles. The number of carbonyl (C=O) groups excluding carboxylic acids is 2. The lowest BCUT2D eigenvalue weighted by Gasteiger charge is -2.40. The van der Waals surface area contributed by atoms with Crippen LogP contribution >= 0.6 is 11.6 Å². The van der Waals surface area contributed by atoms with Gasteiger partial charge < -0.3 is 14.7 Å². The molecular formula is C32H35ClN4O2. The van der Waals surface area contributed by atoms with Gasteiger partial charge in [0.15, 0.2) is 0 Å². The van der Waals surface area contributed by atoms with Crippen LogP contribution in [0.1, 0.15) is 23.6 Å². The molecule has 202 valence electrons. The molecule has 2 saturated heterocycles. The molecule has 3 fully saturated rings. The van der Waals surface area contributed by atoms with E-state index in [1.54, 1.807) is 0 Å². The van der Waals surface area contributed by atoms with Gasteiger partial charge in [-0.25, -0.2) is 0 Å². The Morgan fingerprint density at radius 2 is 1.08 bits per heavy atom. The van der Waals surface area contributed by atoms with Crippen LogP contribution in [0.2, 0.25) is 5.02 Å². The number of para-hydroxylation sites is 1. The van der Waals surface area contributed by atoms with Crippen LogP contribution in [0.15, 0.2) is 84.9 Å². The minimum atomic E-state index is -0.163. The van der Waals surface area contributed by atoms with Gasteiger partial charge in [0, 0.05) is 52.4 Å². The lowest BCUT2D eigenvalue weighted by molar-refractivity contribution is -0.139. The van der Waals surface area contributed by atoms with Gasteiger partial charge in [-0.05, 0) is 29.7 Å². The maximum absolute atomic E-state index is 13.4. The van der Waals surface area contributed by atoms with Gasteiger partial charge in [-0.15, -0.1) is 0 Å². The van der Waals surface area contributed by atoms with Crippen LogP contribution in [0.4, 0.5) is 5.69 Å². The molecular weight excluding hydrogens is 508 g/mol. The lowest BCUT2D eigenvalue weighted by Crippen LogP contribution is -2.51. The number of benzene rings is 3. The Labute approximate surface area is 235 Å². The molecule has 3 aromatic carbocycles. The molecule has 2 amide bonds. The smallest absolute Gasteiger partial charge is 0.226 e. The van der Waals surface area contributed by atoms with Crippen molar-refractivity contribution < 1.29 is 9.59 Å². The Morgan fingerprint density at radius 3 is 1.59 bits per heavy atom. The first-order valence-corrected chi connectivity index (χ1v) is 14.4. The van der Waals surface area contributed by atoms with Crippen LogP contribution in [0.3, 0.4) is 0 Å². The summed E-state index contributed by atoms with van der Waals surface area (Å²) in [5, 5.41) is 0.740. The molecule has 3 aliphatic rings. The molecule has 2 atom stereocenters. The third kappa shape index (κ3) is 5.54. The van der Waals surface area contributed by atoms with Gasteiger partial charge in [-0.3, -0.25) is 14.5 Å². The van der Waals surface area contributed by atoms with Crippen molar-refractivity contribution in [2.45, 2.75) is 12.5 Å². The molecule has 2 heterocycles. The van der Waals surface area contributed by atoms with Crippen LogP contribution in [-0.4, -0.2) is 78.9 Å². The maximum Gasteiger partial charge on any atom is 0.226 e. The molecule has 0 N–H and O–H groups in total. The van der Waals surface area contributed by atoms with E-state index < -0.39 is 0 Å². The summed E-state index contributed by atoms with van der Waals surface area (Å²) in [6, 6.07) is 29.2. The van der Waals surface area contributed by atoms with Gasteiger partial charge in [0.1, 0.15) is 0 Å². The Hall–Kier alpha value is -3.35. The van der Waals surface area contributed by atoms with E-state index in [-0.39, 0.29) is 29.7 Å². The van der Waals surface area contributed by atoms with E-state index in [9.17, 15) is 9.59 Å². The summed E-state index contributed by atoms with van der Waals surface area (Å²) in [4.78, 5) is 35.2. The van der Waals surface area contributed by atoms with Gasteiger partial charge in [-0.2, -0.15) is 0 Å². The molecule has 39 heavy (non-hydrogen) atoms. The zero-order valence-corrected chi connectivity index (χ0v) is 22.9. The summed E-state index contributed by atoms with van der Waals surface area (Å²) in [6.07, 6.45) is 0.680. The lowest BCUT2D eigenvalue weighted by atomic mass is 9.96. The summed E-state index contributed by atoms with van der Waals surface area (Å²) >= 11 is 6.37. The van der Waals surface area contributed by atoms with Crippen molar-refractivity contribution >= 4 is 29.1 Å². The first-order chi connectivity index (χ1) is 19.1. The quantitative estimate of drug-likeness (QED) is 0.458. The Morgan fingerprint density at radius 1 is 0.615 bits per heavy atom. The molecule has 0 aromatic heterocycles. The van der Waals surface area contributed by atoms with Crippen molar-refractivity contribution in [2.75, 3.05) is 57.3 Å². The van der Waals surface area contributed by atoms with E-state index in [4.69, 9.17) is 11.6 Å². The van der Waals surface area contributed by atoms with E-state index >= 15 is 0 Å². The Bertz CT molecular complexity index is 1250. The van der Waals surface area contributed by atoms with Gasteiger partial charge in [0.2, 0.25) is 11.8 Å². The van der Waals surface area contributed by atoms with Crippen molar-refractivity contribution in [1.82, 2.24) is 14.7 Å². The zero-order valence-electron chi connectivity index (χ0n) is 22.2. The average molecular weight is 543 g/mol. The SMILES string of the molecule is O=C(C1CC1C(=O)N1CCN(C(c2ccccc2)c2ccccc2)CC1)N1CCN(c2ccccc2Cl)CC1. The van der Waals surface area contributed by atoms with Crippen LogP contribution in [0.25, 0.3) is 0 Å². The normalized spacial score (nSPS) is 21.7. The van der Waals surface area contributed by atoms with Crippen LogP contribution < -0.4 is 4.90 Å². The van der Waals surface area contributed by atoms with Crippen molar-refractivity contribution in [2.24, 2.45) is 11.8 Å². The predicted octanol–water partition coefficient (Wildman–Crippen LogP) is 4.56. The number of anilines is 1. The second-order valence-corrected chi connectivity index (χ2v) is 11.2. The van der Waals surface area contributed by atoms with Crippen LogP contribution in [-0.2, 0) is 9.59 Å². The molecule has 7 heteroatoms. The zero-order chi connectivity index (χ0) is 26.8. The first-order valence-electron chi connectivity index (χ1n) is 14.0. The minimum absolute atomic E-state index is 0.138. The van der Waals surface area contributed by atoms with Crippen LogP contribution in [0, 0.1) is 11.8 Å². The predicted molar refractivity (Wildman–Crippen MR) is 155 cm³/mol. The van der Waals surface area contributed by atoms with Gasteiger partial charge in [0.25, 0.3) is 0 Å². The van der Waals surface area contributed by atoms with Gasteiger partial charge >= 0.3 is 0 Å². The highest BCUT2D eigenvalue weighted by Gasteiger charge is 2.51. The summed E-state index contributed by atoms with van der Waals surface area (Å²) in [7, 11) is 0. The van der Waals surface area contributed by atoms with Gasteiger partial charge in [-0.1, -0.05) is 84.4 Å². The molecule has 1 aliphatic carbocycles. The van der Waals surface area contributed by atoms with E-state index in [1.807, 2.05) is 46.2 Å². The van der Waals surface area contributed by atoms with E-state index in [0.717, 1.165) is 36.9 Å². The Kier molecular flexibility index (Phi) is 7.58. The molecule has 0 spiro atoms. The number of carbonyl (C=O) groups is 2. The highest BCUT2D eigenvalue weighted by Crippen LogP contribution is 2.42. The Balaban J connectivity index is 1.02. The largest absolute Gasteiger partial charge is 0.367 e. The second-order valence-electron chi connectivity index (χ2n) is 10.8. The third-order valence-electron chi connectivity index (χ3n) is 8.43. The molecule has 0 bridgehead atoms. The number of hydrogen-bond acceptors (Lipinski definition) is 4. The molecule has 2 unspecified atom stereocenters. The molecule has 2 aliphatic heterocycles. The molecule has 0 radical (unpaired) electrons. The monoisotopic (exact) mass is 542 g/mol. The highest BCUT2D eigenvalue weighted by atomic mass is 35.5. The van der Waals surface area contributed by atoms with Crippen molar-refractivity contribution in [3.8, 4) is 0 Å². The second kappa shape index (κ2) is 11.4. The van der Waals surface area contributed by atoms with Crippen LogP contribution in [0.5, 0.6) is 0 Å². The summed E-state index contributed by atoms with van der Waals surface area (Å²) < 4.78 is 0. The van der Waals surface area contributed by atoms with Gasteiger partial charge in [0.05, 0.1) is 28.6 Å². The summed E-state index contributed by atoms with van der Waals surface area (Å²) in [5.41, 5.74) is 3.56. The highest BCUT2D eigenvalue weighted by molar-refractivity contribution is 6.33. The number of amides is 2. The first kappa shape index (κ1) is 25.9. The number of nitrogens with zero attached hydrogens (tertiary/aromatic N) is 4. The number of halogens is 1. The third-order valence-corrected chi connectivity index (χ3v) is 8.75. The number of hydrogen-bond donors (Lipinski definition) is 0. The van der Waals surface area contributed by atoms with Crippen molar-refractivity contribution in [3.05, 3.63) is 101 Å². The molecule has 6 rings (SSSR count). The standard InChI is InChI=1S/C32H35ClN4O2/c33-28-13-7-8-14-29(28)34-15-19-36(20-16-34)31(38)26-23-27(26)32(39)37-21-17-35(18-22-37)30(24-9-3-1-4-10-24)25-11-5-2-6-12-25/h1-14,26-27,30H,15-23H2. The van der Waals surface area contributed by atoms with Crippen molar-refractivity contribution in [3.63, 3.8) is 0 Å². The molecule has 6 nitrogen and oxygen atoms in total. The minimum Gasteiger partial charge on any atom is -0.367 e. The van der Waals surface area contributed by atoms with E-state index in [0.29, 0.717) is 32.6 Å². The van der Waals surface area contributed by atoms with E-state index in [1.165, 1.54) is 11.1 Å². The average Bonchev–Trinajstić information content (AvgIpc) is 3.80. The van der Waals surface area contributed by atoms with E-state index in [2.05, 4.69) is 58.3 Å². The number of rotatable bonds is 6. The fourth-order valence-electron chi connectivity index (χ4n) is 6.17. The summed E-state index contributed by atoms with van der Waals surface area (Å²) in [6.45, 7) is 5.87.